The summed E-state index contributed by atoms with van der Waals surface area (Å²) in [4.78, 5) is 22.4. The molecule has 6 nitrogen and oxygen atoms in total. The Morgan fingerprint density at radius 1 is 1.37 bits per heavy atom. The van der Waals surface area contributed by atoms with Gasteiger partial charge in [-0.25, -0.2) is 9.97 Å². The van der Waals surface area contributed by atoms with Crippen LogP contribution >= 0.6 is 0 Å². The lowest BCUT2D eigenvalue weighted by molar-refractivity contribution is 0.0932. The van der Waals surface area contributed by atoms with Crippen molar-refractivity contribution in [3.8, 4) is 0 Å². The molecule has 1 aromatic heterocycles. The standard InChI is InChI=1S/C13H20N4O2/c1-19-8-5-14-13(18)11-9-12(16-10-15-11)17-6-3-2-4-7-17/h9-10H,2-8H2,1H3,(H,14,18). The molecule has 1 aliphatic heterocycles. The van der Waals surface area contributed by atoms with Crippen molar-refractivity contribution in [2.24, 2.45) is 0 Å². The van der Waals surface area contributed by atoms with Gasteiger partial charge in [-0.05, 0) is 19.3 Å². The summed E-state index contributed by atoms with van der Waals surface area (Å²) >= 11 is 0. The number of nitrogens with one attached hydrogen (secondary N) is 1. The maximum atomic E-state index is 11.9. The largest absolute Gasteiger partial charge is 0.383 e. The van der Waals surface area contributed by atoms with Crippen LogP contribution in [0.15, 0.2) is 12.4 Å². The third-order valence-corrected chi connectivity index (χ3v) is 3.16. The van der Waals surface area contributed by atoms with E-state index in [1.54, 1.807) is 13.2 Å². The fraction of sp³-hybridized carbons (Fsp3) is 0.615. The Labute approximate surface area is 113 Å². The summed E-state index contributed by atoms with van der Waals surface area (Å²) in [7, 11) is 1.60. The van der Waals surface area contributed by atoms with Gasteiger partial charge in [0.1, 0.15) is 17.8 Å². The van der Waals surface area contributed by atoms with Crippen molar-refractivity contribution in [3.63, 3.8) is 0 Å². The van der Waals surface area contributed by atoms with Crippen molar-refractivity contribution in [1.29, 1.82) is 0 Å². The van der Waals surface area contributed by atoms with E-state index in [1.807, 2.05) is 0 Å². The Morgan fingerprint density at radius 3 is 2.89 bits per heavy atom. The number of rotatable bonds is 5. The third kappa shape index (κ3) is 3.89. The fourth-order valence-corrected chi connectivity index (χ4v) is 2.12. The first-order valence-electron chi connectivity index (χ1n) is 6.65. The minimum Gasteiger partial charge on any atom is -0.383 e. The Morgan fingerprint density at radius 2 is 2.16 bits per heavy atom. The van der Waals surface area contributed by atoms with Crippen LogP contribution in [0.4, 0.5) is 5.82 Å². The summed E-state index contributed by atoms with van der Waals surface area (Å²) in [6.45, 7) is 2.98. The smallest absolute Gasteiger partial charge is 0.270 e. The van der Waals surface area contributed by atoms with Gasteiger partial charge in [0.2, 0.25) is 0 Å². The van der Waals surface area contributed by atoms with Crippen LogP contribution in [0.2, 0.25) is 0 Å². The number of hydrogen-bond donors (Lipinski definition) is 1. The summed E-state index contributed by atoms with van der Waals surface area (Å²) in [5.74, 6) is 0.657. The molecule has 1 aromatic rings. The lowest BCUT2D eigenvalue weighted by atomic mass is 10.1. The van der Waals surface area contributed by atoms with E-state index in [4.69, 9.17) is 4.74 Å². The number of hydrogen-bond acceptors (Lipinski definition) is 5. The zero-order valence-corrected chi connectivity index (χ0v) is 11.3. The highest BCUT2D eigenvalue weighted by Crippen LogP contribution is 2.17. The highest BCUT2D eigenvalue weighted by molar-refractivity contribution is 5.92. The first-order chi connectivity index (χ1) is 9.31. The molecule has 0 bridgehead atoms. The first-order valence-corrected chi connectivity index (χ1v) is 6.65. The molecule has 2 heterocycles. The number of carbonyl (C=O) groups excluding carboxylic acids is 1. The van der Waals surface area contributed by atoms with E-state index in [-0.39, 0.29) is 5.91 Å². The van der Waals surface area contributed by atoms with Crippen molar-refractivity contribution < 1.29 is 9.53 Å². The number of ether oxygens (including phenoxy) is 1. The average Bonchev–Trinajstić information content (AvgIpc) is 2.48. The van der Waals surface area contributed by atoms with Crippen LogP contribution in [0.1, 0.15) is 29.8 Å². The van der Waals surface area contributed by atoms with Crippen molar-refractivity contribution >= 4 is 11.7 Å². The molecule has 0 aromatic carbocycles. The number of aromatic nitrogens is 2. The average molecular weight is 264 g/mol. The molecule has 1 aliphatic rings. The number of amides is 1. The topological polar surface area (TPSA) is 67.3 Å². The maximum absolute atomic E-state index is 11.9. The van der Waals surface area contributed by atoms with Crippen molar-refractivity contribution in [2.45, 2.75) is 19.3 Å². The monoisotopic (exact) mass is 264 g/mol. The van der Waals surface area contributed by atoms with Crippen LogP contribution in [0, 0.1) is 0 Å². The highest BCUT2D eigenvalue weighted by atomic mass is 16.5. The van der Waals surface area contributed by atoms with Gasteiger partial charge in [-0.2, -0.15) is 0 Å². The second-order valence-electron chi connectivity index (χ2n) is 4.56. The van der Waals surface area contributed by atoms with Crippen molar-refractivity contribution in [3.05, 3.63) is 18.1 Å². The molecule has 0 atom stereocenters. The van der Waals surface area contributed by atoms with Crippen LogP contribution < -0.4 is 10.2 Å². The van der Waals surface area contributed by atoms with E-state index in [0.717, 1.165) is 18.9 Å². The fourth-order valence-electron chi connectivity index (χ4n) is 2.12. The second kappa shape index (κ2) is 7.04. The molecular formula is C13H20N4O2. The number of piperidine rings is 1. The molecule has 1 fully saturated rings. The molecule has 6 heteroatoms. The molecule has 0 radical (unpaired) electrons. The summed E-state index contributed by atoms with van der Waals surface area (Å²) in [6.07, 6.45) is 5.08. The van der Waals surface area contributed by atoms with Gasteiger partial charge >= 0.3 is 0 Å². The molecule has 104 valence electrons. The van der Waals surface area contributed by atoms with Gasteiger partial charge in [-0.3, -0.25) is 4.79 Å². The zero-order valence-electron chi connectivity index (χ0n) is 11.3. The van der Waals surface area contributed by atoms with Crippen LogP contribution in [0.5, 0.6) is 0 Å². The van der Waals surface area contributed by atoms with Gasteiger partial charge in [0.05, 0.1) is 6.61 Å². The summed E-state index contributed by atoms with van der Waals surface area (Å²) in [6, 6.07) is 1.76. The van der Waals surface area contributed by atoms with Gasteiger partial charge < -0.3 is 15.0 Å². The van der Waals surface area contributed by atoms with E-state index in [2.05, 4.69) is 20.2 Å². The van der Waals surface area contributed by atoms with Gasteiger partial charge in [0, 0.05) is 32.8 Å². The molecule has 2 rings (SSSR count). The molecular weight excluding hydrogens is 244 g/mol. The quantitative estimate of drug-likeness (QED) is 0.798. The number of methoxy groups -OCH3 is 1. The Balaban J connectivity index is 1.99. The summed E-state index contributed by atoms with van der Waals surface area (Å²) in [5, 5.41) is 2.76. The molecule has 0 aliphatic carbocycles. The maximum Gasteiger partial charge on any atom is 0.270 e. The molecule has 1 saturated heterocycles. The number of carbonyl (C=O) groups is 1. The van der Waals surface area contributed by atoms with E-state index >= 15 is 0 Å². The number of nitrogens with zero attached hydrogens (tertiary/aromatic N) is 3. The normalized spacial score (nSPS) is 15.3. The molecule has 1 N–H and O–H groups in total. The van der Waals surface area contributed by atoms with E-state index in [9.17, 15) is 4.79 Å². The third-order valence-electron chi connectivity index (χ3n) is 3.16. The van der Waals surface area contributed by atoms with Crippen molar-refractivity contribution in [1.82, 2.24) is 15.3 Å². The predicted molar refractivity (Wildman–Crippen MR) is 72.3 cm³/mol. The minimum atomic E-state index is -0.183. The summed E-state index contributed by atoms with van der Waals surface area (Å²) < 4.78 is 4.89. The Hall–Kier alpha value is -1.69. The molecule has 0 saturated carbocycles. The van der Waals surface area contributed by atoms with Gasteiger partial charge in [-0.15, -0.1) is 0 Å². The van der Waals surface area contributed by atoms with Crippen molar-refractivity contribution in [2.75, 3.05) is 38.3 Å². The minimum absolute atomic E-state index is 0.183. The van der Waals surface area contributed by atoms with Crippen LogP contribution in [0.25, 0.3) is 0 Å². The van der Waals surface area contributed by atoms with Crippen LogP contribution in [0.3, 0.4) is 0 Å². The van der Waals surface area contributed by atoms with Crippen LogP contribution in [-0.2, 0) is 4.74 Å². The zero-order chi connectivity index (χ0) is 13.5. The van der Waals surface area contributed by atoms with E-state index < -0.39 is 0 Å². The molecule has 0 spiro atoms. The predicted octanol–water partition coefficient (Wildman–Crippen LogP) is 0.843. The highest BCUT2D eigenvalue weighted by Gasteiger charge is 2.14. The van der Waals surface area contributed by atoms with E-state index in [0.29, 0.717) is 18.8 Å². The Bertz CT molecular complexity index is 419. The Kier molecular flexibility index (Phi) is 5.09. The second-order valence-corrected chi connectivity index (χ2v) is 4.56. The lowest BCUT2D eigenvalue weighted by Crippen LogP contribution is -2.31. The summed E-state index contributed by atoms with van der Waals surface area (Å²) in [5.41, 5.74) is 0.409. The van der Waals surface area contributed by atoms with Gasteiger partial charge in [0.25, 0.3) is 5.91 Å². The SMILES string of the molecule is COCCNC(=O)c1cc(N2CCCCC2)ncn1. The van der Waals surface area contributed by atoms with Crippen LogP contribution in [-0.4, -0.2) is 49.2 Å². The molecule has 0 unspecified atom stereocenters. The van der Waals surface area contributed by atoms with Gasteiger partial charge in [0.15, 0.2) is 0 Å². The molecule has 19 heavy (non-hydrogen) atoms. The first kappa shape index (κ1) is 13.7. The van der Waals surface area contributed by atoms with Gasteiger partial charge in [-0.1, -0.05) is 0 Å². The van der Waals surface area contributed by atoms with E-state index in [1.165, 1.54) is 25.6 Å². The number of anilines is 1. The molecule has 1 amide bonds. The lowest BCUT2D eigenvalue weighted by Gasteiger charge is -2.27.